The van der Waals surface area contributed by atoms with E-state index < -0.39 is 0 Å². The zero-order valence-corrected chi connectivity index (χ0v) is 20.0. The van der Waals surface area contributed by atoms with E-state index in [4.69, 9.17) is 0 Å². The third-order valence-corrected chi connectivity index (χ3v) is 6.91. The zero-order chi connectivity index (χ0) is 23.4. The van der Waals surface area contributed by atoms with Crippen LogP contribution in [0.1, 0.15) is 87.8 Å². The zero-order valence-electron chi connectivity index (χ0n) is 20.0. The molecule has 2 rings (SSSR count). The van der Waals surface area contributed by atoms with Crippen LogP contribution in [0.25, 0.3) is 0 Å². The van der Waals surface area contributed by atoms with Gasteiger partial charge in [-0.15, -0.1) is 0 Å². The average molecular weight is 429 g/mol. The molecule has 0 aliphatic heterocycles. The number of benzene rings is 2. The van der Waals surface area contributed by atoms with E-state index in [-0.39, 0.29) is 35.5 Å². The second-order valence-corrected chi connectivity index (χ2v) is 9.90. The van der Waals surface area contributed by atoms with Gasteiger partial charge in [-0.2, -0.15) is 0 Å². The quantitative estimate of drug-likeness (QED) is 0.423. The Morgan fingerprint density at radius 3 is 1.29 bits per heavy atom. The summed E-state index contributed by atoms with van der Waals surface area (Å²) in [6.07, 6.45) is 3.16. The lowest BCUT2D eigenvalue weighted by molar-refractivity contribution is 0.299. The Bertz CT molecular complexity index is 823. The van der Waals surface area contributed by atoms with Gasteiger partial charge in [0.1, 0.15) is 11.5 Å². The van der Waals surface area contributed by atoms with Crippen LogP contribution in [-0.4, -0.2) is 33.6 Å². The first-order valence-corrected chi connectivity index (χ1v) is 11.4. The van der Waals surface area contributed by atoms with Gasteiger partial charge < -0.3 is 20.4 Å². The van der Waals surface area contributed by atoms with Gasteiger partial charge in [0.15, 0.2) is 0 Å². The van der Waals surface area contributed by atoms with Gasteiger partial charge in [0.25, 0.3) is 0 Å². The average Bonchev–Trinajstić information content (AvgIpc) is 2.72. The maximum atomic E-state index is 11.2. The minimum absolute atomic E-state index is 0.0439. The molecule has 4 nitrogen and oxygen atoms in total. The van der Waals surface area contributed by atoms with Crippen molar-refractivity contribution in [1.82, 2.24) is 0 Å². The van der Waals surface area contributed by atoms with Crippen LogP contribution in [0.3, 0.4) is 0 Å². The smallest absolute Gasteiger partial charge is 0.122 e. The van der Waals surface area contributed by atoms with Crippen LogP contribution in [0.15, 0.2) is 24.3 Å². The van der Waals surface area contributed by atoms with Crippen LogP contribution >= 0.6 is 0 Å². The normalized spacial score (nSPS) is 12.4. The van der Waals surface area contributed by atoms with E-state index in [9.17, 15) is 20.4 Å². The van der Waals surface area contributed by atoms with Crippen LogP contribution in [0, 0.1) is 0 Å². The number of phenols is 2. The number of rotatable bonds is 10. The lowest BCUT2D eigenvalue weighted by atomic mass is 9.78. The van der Waals surface area contributed by atoms with Crippen LogP contribution in [0.5, 0.6) is 11.5 Å². The number of phenolic OH excluding ortho intramolecular Hbond substituents is 2. The van der Waals surface area contributed by atoms with Crippen molar-refractivity contribution in [2.24, 2.45) is 0 Å². The lowest BCUT2D eigenvalue weighted by Crippen LogP contribution is -2.18. The van der Waals surface area contributed by atoms with Gasteiger partial charge >= 0.3 is 0 Å². The van der Waals surface area contributed by atoms with Crippen molar-refractivity contribution in [1.29, 1.82) is 0 Å². The predicted molar refractivity (Wildman–Crippen MR) is 127 cm³/mol. The van der Waals surface area contributed by atoms with E-state index in [0.29, 0.717) is 19.3 Å². The molecule has 0 bridgehead atoms. The summed E-state index contributed by atoms with van der Waals surface area (Å²) < 4.78 is 0. The second kappa shape index (κ2) is 10.1. The topological polar surface area (TPSA) is 80.9 Å². The molecule has 0 aromatic heterocycles. The van der Waals surface area contributed by atoms with Gasteiger partial charge in [-0.05, 0) is 58.8 Å². The predicted octanol–water partition coefficient (Wildman–Crippen LogP) is 5.13. The molecule has 0 unspecified atom stereocenters. The molecule has 0 saturated heterocycles. The van der Waals surface area contributed by atoms with Crippen molar-refractivity contribution in [2.45, 2.75) is 84.5 Å². The number of aromatic hydroxyl groups is 2. The molecule has 0 saturated carbocycles. The Balaban J connectivity index is 2.66. The fraction of sp³-hybridized carbons (Fsp3) is 0.556. The third kappa shape index (κ3) is 5.61. The van der Waals surface area contributed by atoms with E-state index in [1.54, 1.807) is 0 Å². The highest BCUT2D eigenvalue weighted by atomic mass is 16.3. The highest BCUT2D eigenvalue weighted by Crippen LogP contribution is 2.41. The van der Waals surface area contributed by atoms with E-state index >= 15 is 0 Å². The Morgan fingerprint density at radius 1 is 0.645 bits per heavy atom. The Hall–Kier alpha value is -2.04. The van der Waals surface area contributed by atoms with E-state index in [1.807, 2.05) is 24.3 Å². The van der Waals surface area contributed by atoms with Crippen LogP contribution in [-0.2, 0) is 30.1 Å². The van der Waals surface area contributed by atoms with Crippen molar-refractivity contribution in [3.05, 3.63) is 57.6 Å². The summed E-state index contributed by atoms with van der Waals surface area (Å²) in [5, 5.41) is 41.3. The fourth-order valence-electron chi connectivity index (χ4n) is 3.96. The fourth-order valence-corrected chi connectivity index (χ4v) is 3.96. The maximum absolute atomic E-state index is 11.2. The Labute approximate surface area is 187 Å². The summed E-state index contributed by atoms with van der Waals surface area (Å²) >= 11 is 0. The van der Waals surface area contributed by atoms with Crippen molar-refractivity contribution in [3.8, 4) is 11.5 Å². The van der Waals surface area contributed by atoms with Gasteiger partial charge in [-0.3, -0.25) is 0 Å². The highest BCUT2D eigenvalue weighted by Gasteiger charge is 2.27. The first-order valence-electron chi connectivity index (χ1n) is 11.4. The van der Waals surface area contributed by atoms with Gasteiger partial charge in [0.2, 0.25) is 0 Å². The summed E-state index contributed by atoms with van der Waals surface area (Å²) in [7, 11) is 0. The maximum Gasteiger partial charge on any atom is 0.122 e. The molecule has 2 aromatic carbocycles. The third-order valence-electron chi connectivity index (χ3n) is 6.91. The van der Waals surface area contributed by atoms with E-state index in [2.05, 4.69) is 41.5 Å². The highest BCUT2D eigenvalue weighted by molar-refractivity contribution is 5.53. The summed E-state index contributed by atoms with van der Waals surface area (Å²) in [5.74, 6) is 0.522. The van der Waals surface area contributed by atoms with Crippen molar-refractivity contribution in [2.75, 3.05) is 13.2 Å². The molecule has 4 heteroatoms. The van der Waals surface area contributed by atoms with Gasteiger partial charge in [0.05, 0.1) is 0 Å². The molecule has 172 valence electrons. The number of hydrogen-bond donors (Lipinski definition) is 4. The Morgan fingerprint density at radius 2 is 1.00 bits per heavy atom. The molecule has 4 N–H and O–H groups in total. The van der Waals surface area contributed by atoms with Crippen molar-refractivity contribution >= 4 is 0 Å². The summed E-state index contributed by atoms with van der Waals surface area (Å²) in [5.41, 5.74) is 4.78. The van der Waals surface area contributed by atoms with Crippen molar-refractivity contribution in [3.63, 3.8) is 0 Å². The molecule has 0 aliphatic carbocycles. The van der Waals surface area contributed by atoms with Crippen LogP contribution in [0.2, 0.25) is 0 Å². The first kappa shape index (κ1) is 25.2. The molecule has 0 heterocycles. The molecule has 0 spiro atoms. The molecule has 0 atom stereocenters. The minimum atomic E-state index is -0.208. The van der Waals surface area contributed by atoms with Crippen LogP contribution < -0.4 is 0 Å². The van der Waals surface area contributed by atoms with E-state index in [0.717, 1.165) is 46.2 Å². The Kier molecular flexibility index (Phi) is 8.18. The summed E-state index contributed by atoms with van der Waals surface area (Å²) in [6, 6.07) is 7.85. The van der Waals surface area contributed by atoms with E-state index in [1.165, 1.54) is 0 Å². The molecule has 0 amide bonds. The molecular formula is C27H40O4. The van der Waals surface area contributed by atoms with Gasteiger partial charge in [-0.25, -0.2) is 0 Å². The standard InChI is InChI=1S/C27H40O4/c1-7-26(3,4)22-15-18(9-11-28)13-20(24(22)30)17-21-14-19(10-12-29)16-23(25(21)31)27(5,6)8-2/h13-16,28-31H,7-12,17H2,1-6H3. The monoisotopic (exact) mass is 428 g/mol. The lowest BCUT2D eigenvalue weighted by Gasteiger charge is -2.28. The van der Waals surface area contributed by atoms with Gasteiger partial charge in [-0.1, -0.05) is 65.8 Å². The van der Waals surface area contributed by atoms with Gasteiger partial charge in [0, 0.05) is 30.8 Å². The summed E-state index contributed by atoms with van der Waals surface area (Å²) in [6.45, 7) is 12.7. The first-order chi connectivity index (χ1) is 14.5. The summed E-state index contributed by atoms with van der Waals surface area (Å²) in [4.78, 5) is 0. The molecule has 0 fully saturated rings. The number of hydrogen-bond acceptors (Lipinski definition) is 4. The number of aliphatic hydroxyl groups is 2. The molecule has 0 aliphatic rings. The largest absolute Gasteiger partial charge is 0.507 e. The molecule has 2 aromatic rings. The number of aliphatic hydroxyl groups excluding tert-OH is 2. The van der Waals surface area contributed by atoms with Crippen LogP contribution in [0.4, 0.5) is 0 Å². The SMILES string of the molecule is CCC(C)(C)c1cc(CCO)cc(Cc2cc(CCO)cc(C(C)(C)CC)c2O)c1O. The minimum Gasteiger partial charge on any atom is -0.507 e. The second-order valence-electron chi connectivity index (χ2n) is 9.90. The molecular weight excluding hydrogens is 388 g/mol. The molecule has 31 heavy (non-hydrogen) atoms. The molecule has 0 radical (unpaired) electrons. The van der Waals surface area contributed by atoms with Crippen molar-refractivity contribution < 1.29 is 20.4 Å².